The van der Waals surface area contributed by atoms with Gasteiger partial charge in [-0.1, -0.05) is 12.1 Å². The molecule has 0 unspecified atom stereocenters. The Balaban J connectivity index is 1.85. The number of para-hydroxylation sites is 1. The zero-order valence-corrected chi connectivity index (χ0v) is 15.8. The Bertz CT molecular complexity index is 1220. The quantitative estimate of drug-likeness (QED) is 0.291. The van der Waals surface area contributed by atoms with Crippen molar-refractivity contribution in [1.29, 1.82) is 0 Å². The van der Waals surface area contributed by atoms with Crippen molar-refractivity contribution in [1.82, 2.24) is 34.3 Å². The van der Waals surface area contributed by atoms with Gasteiger partial charge in [-0.25, -0.2) is 20.2 Å². The van der Waals surface area contributed by atoms with Gasteiger partial charge in [0.2, 0.25) is 11.7 Å². The molecule has 1 fully saturated rings. The summed E-state index contributed by atoms with van der Waals surface area (Å²) in [5.41, 5.74) is 4.66. The minimum atomic E-state index is -0.424. The van der Waals surface area contributed by atoms with E-state index in [1.165, 1.54) is 0 Å². The number of anilines is 1. The average Bonchev–Trinajstić information content (AvgIpc) is 3.22. The SMILES string of the molecule is Cc1nc2n(nc3c4ccccc4nc(N4CCN(C)CC4)n32)c1C(=O)NN. The van der Waals surface area contributed by atoms with Crippen LogP contribution in [0.5, 0.6) is 0 Å². The van der Waals surface area contributed by atoms with E-state index in [-0.39, 0.29) is 0 Å². The average molecular weight is 379 g/mol. The molecule has 5 rings (SSSR count). The van der Waals surface area contributed by atoms with Crippen LogP contribution in [0, 0.1) is 6.92 Å². The van der Waals surface area contributed by atoms with Crippen molar-refractivity contribution in [3.8, 4) is 0 Å². The Morgan fingerprint density at radius 2 is 1.89 bits per heavy atom. The van der Waals surface area contributed by atoms with Crippen molar-refractivity contribution in [2.75, 3.05) is 38.1 Å². The van der Waals surface area contributed by atoms with E-state index in [9.17, 15) is 4.79 Å². The van der Waals surface area contributed by atoms with Crippen LogP contribution in [0.25, 0.3) is 22.3 Å². The first-order chi connectivity index (χ1) is 13.6. The van der Waals surface area contributed by atoms with Gasteiger partial charge in [0.15, 0.2) is 11.3 Å². The number of hydrazine groups is 1. The number of aromatic nitrogens is 5. The van der Waals surface area contributed by atoms with Gasteiger partial charge in [-0.2, -0.15) is 4.52 Å². The normalized spacial score (nSPS) is 15.8. The topological polar surface area (TPSA) is 109 Å². The number of piperazine rings is 1. The highest BCUT2D eigenvalue weighted by atomic mass is 16.2. The number of nitrogen functional groups attached to an aromatic ring is 1. The second kappa shape index (κ2) is 6.14. The Labute approximate surface area is 160 Å². The van der Waals surface area contributed by atoms with E-state index in [0.717, 1.165) is 43.0 Å². The number of fused-ring (bicyclic) bond motifs is 5. The summed E-state index contributed by atoms with van der Waals surface area (Å²) >= 11 is 0. The third-order valence-electron chi connectivity index (χ3n) is 5.32. The van der Waals surface area contributed by atoms with Crippen LogP contribution in [0.1, 0.15) is 16.2 Å². The zero-order chi connectivity index (χ0) is 19.4. The molecule has 3 N–H and O–H groups in total. The Hall–Kier alpha value is -3.24. The van der Waals surface area contributed by atoms with E-state index in [0.29, 0.717) is 22.8 Å². The molecule has 0 radical (unpaired) electrons. The van der Waals surface area contributed by atoms with Gasteiger partial charge in [0, 0.05) is 31.6 Å². The summed E-state index contributed by atoms with van der Waals surface area (Å²) in [4.78, 5) is 26.4. The van der Waals surface area contributed by atoms with Crippen LogP contribution in [0.4, 0.5) is 5.95 Å². The van der Waals surface area contributed by atoms with Gasteiger partial charge in [-0.3, -0.25) is 10.2 Å². The van der Waals surface area contributed by atoms with Crippen molar-refractivity contribution in [2.24, 2.45) is 5.84 Å². The maximum atomic E-state index is 12.3. The molecule has 0 aliphatic carbocycles. The van der Waals surface area contributed by atoms with Gasteiger partial charge in [0.25, 0.3) is 5.91 Å². The molecule has 4 aromatic rings. The number of likely N-dealkylation sites (N-methyl/N-ethyl adjacent to an activating group) is 1. The van der Waals surface area contributed by atoms with Crippen molar-refractivity contribution in [3.63, 3.8) is 0 Å². The summed E-state index contributed by atoms with van der Waals surface area (Å²) in [5, 5.41) is 5.63. The minimum absolute atomic E-state index is 0.328. The molecule has 1 saturated heterocycles. The Kier molecular flexibility index (Phi) is 3.71. The molecule has 0 bridgehead atoms. The number of hydrogen-bond donors (Lipinski definition) is 2. The number of nitrogens with zero attached hydrogens (tertiary/aromatic N) is 7. The standard InChI is InChI=1S/C18H21N9O/c1-11-14(16(28)22-19)27-18(20-11)26-15(23-27)12-5-3-4-6-13(12)21-17(26)25-9-7-24(2)8-10-25/h3-6H,7-10,19H2,1-2H3,(H,22,28). The van der Waals surface area contributed by atoms with Crippen LogP contribution in [0.15, 0.2) is 24.3 Å². The maximum Gasteiger partial charge on any atom is 0.285 e. The number of amides is 1. The second-order valence-corrected chi connectivity index (χ2v) is 7.11. The molecule has 144 valence electrons. The van der Waals surface area contributed by atoms with E-state index in [2.05, 4.69) is 27.3 Å². The van der Waals surface area contributed by atoms with Crippen LogP contribution in [0.2, 0.25) is 0 Å². The molecule has 1 aromatic carbocycles. The predicted octanol–water partition coefficient (Wildman–Crippen LogP) is 0.194. The summed E-state index contributed by atoms with van der Waals surface area (Å²) < 4.78 is 3.49. The lowest BCUT2D eigenvalue weighted by Gasteiger charge is -2.33. The van der Waals surface area contributed by atoms with Gasteiger partial charge in [-0.15, -0.1) is 5.10 Å². The van der Waals surface area contributed by atoms with Gasteiger partial charge in [0.05, 0.1) is 11.2 Å². The highest BCUT2D eigenvalue weighted by Gasteiger charge is 2.26. The van der Waals surface area contributed by atoms with Crippen LogP contribution in [-0.2, 0) is 0 Å². The number of hydrogen-bond acceptors (Lipinski definition) is 7. The molecule has 28 heavy (non-hydrogen) atoms. The molecule has 0 spiro atoms. The molecule has 1 aliphatic heterocycles. The predicted molar refractivity (Wildman–Crippen MR) is 105 cm³/mol. The second-order valence-electron chi connectivity index (χ2n) is 7.11. The third kappa shape index (κ3) is 2.35. The van der Waals surface area contributed by atoms with Crippen LogP contribution >= 0.6 is 0 Å². The first-order valence-electron chi connectivity index (χ1n) is 9.19. The van der Waals surface area contributed by atoms with Gasteiger partial charge in [0.1, 0.15) is 0 Å². The molecule has 1 aliphatic rings. The molecule has 3 aromatic heterocycles. The lowest BCUT2D eigenvalue weighted by molar-refractivity contribution is 0.0946. The van der Waals surface area contributed by atoms with Gasteiger partial charge in [-0.05, 0) is 26.1 Å². The fourth-order valence-corrected chi connectivity index (χ4v) is 3.80. The molecule has 10 nitrogen and oxygen atoms in total. The van der Waals surface area contributed by atoms with Crippen LogP contribution in [-0.4, -0.2) is 68.0 Å². The van der Waals surface area contributed by atoms with E-state index >= 15 is 0 Å². The highest BCUT2D eigenvalue weighted by molar-refractivity contribution is 5.96. The highest BCUT2D eigenvalue weighted by Crippen LogP contribution is 2.27. The summed E-state index contributed by atoms with van der Waals surface area (Å²) in [7, 11) is 2.12. The summed E-state index contributed by atoms with van der Waals surface area (Å²) in [5.74, 6) is 6.28. The first-order valence-corrected chi connectivity index (χ1v) is 9.19. The fraction of sp³-hybridized carbons (Fsp3) is 0.333. The summed E-state index contributed by atoms with van der Waals surface area (Å²) in [6.45, 7) is 5.40. The summed E-state index contributed by atoms with van der Waals surface area (Å²) in [6, 6.07) is 7.87. The summed E-state index contributed by atoms with van der Waals surface area (Å²) in [6.07, 6.45) is 0. The monoisotopic (exact) mass is 379 g/mol. The van der Waals surface area contributed by atoms with Gasteiger partial charge < -0.3 is 9.80 Å². The fourth-order valence-electron chi connectivity index (χ4n) is 3.80. The lowest BCUT2D eigenvalue weighted by Crippen LogP contribution is -2.45. The Morgan fingerprint density at radius 3 is 2.64 bits per heavy atom. The van der Waals surface area contributed by atoms with E-state index in [4.69, 9.17) is 15.9 Å². The van der Waals surface area contributed by atoms with Crippen molar-refractivity contribution in [3.05, 3.63) is 35.7 Å². The van der Waals surface area contributed by atoms with Crippen molar-refractivity contribution in [2.45, 2.75) is 6.92 Å². The van der Waals surface area contributed by atoms with Crippen molar-refractivity contribution >= 4 is 34.2 Å². The number of imidazole rings is 1. The molecule has 10 heteroatoms. The third-order valence-corrected chi connectivity index (χ3v) is 5.32. The smallest absolute Gasteiger partial charge is 0.285 e. The molecule has 0 atom stereocenters. The number of aryl methyl sites for hydroxylation is 1. The van der Waals surface area contributed by atoms with E-state index < -0.39 is 5.91 Å². The molecular formula is C18H21N9O. The first kappa shape index (κ1) is 16.9. The van der Waals surface area contributed by atoms with Crippen LogP contribution in [0.3, 0.4) is 0 Å². The maximum absolute atomic E-state index is 12.3. The minimum Gasteiger partial charge on any atom is -0.339 e. The number of benzene rings is 1. The van der Waals surface area contributed by atoms with Gasteiger partial charge >= 0.3 is 0 Å². The molecule has 4 heterocycles. The van der Waals surface area contributed by atoms with Crippen LogP contribution < -0.4 is 16.2 Å². The van der Waals surface area contributed by atoms with E-state index in [1.54, 1.807) is 11.4 Å². The number of carbonyl (C=O) groups is 1. The molecule has 1 amide bonds. The lowest BCUT2D eigenvalue weighted by atomic mass is 10.2. The number of carbonyl (C=O) groups excluding carboxylic acids is 1. The molecule has 0 saturated carbocycles. The van der Waals surface area contributed by atoms with Crippen molar-refractivity contribution < 1.29 is 4.79 Å². The number of nitrogens with two attached hydrogens (primary N) is 1. The van der Waals surface area contributed by atoms with E-state index in [1.807, 2.05) is 28.7 Å². The Morgan fingerprint density at radius 1 is 1.14 bits per heavy atom. The number of nitrogens with one attached hydrogen (secondary N) is 1. The number of rotatable bonds is 2. The largest absolute Gasteiger partial charge is 0.339 e. The molecular weight excluding hydrogens is 358 g/mol. The zero-order valence-electron chi connectivity index (χ0n) is 15.8.